The third kappa shape index (κ3) is 3.10. The summed E-state index contributed by atoms with van der Waals surface area (Å²) in [6.07, 6.45) is 1.06. The van der Waals surface area contributed by atoms with Crippen LogP contribution in [0.3, 0.4) is 0 Å². The zero-order chi connectivity index (χ0) is 10.4. The maximum atomic E-state index is 8.60. The van der Waals surface area contributed by atoms with Gasteiger partial charge in [-0.05, 0) is 31.0 Å². The molecule has 1 rings (SSSR count). The third-order valence-electron chi connectivity index (χ3n) is 2.19. The predicted molar refractivity (Wildman–Crippen MR) is 59.1 cm³/mol. The van der Waals surface area contributed by atoms with E-state index in [1.54, 1.807) is 0 Å². The molecule has 0 aliphatic heterocycles. The van der Waals surface area contributed by atoms with Crippen molar-refractivity contribution in [3.05, 3.63) is 29.8 Å². The number of nitriles is 1. The lowest BCUT2D eigenvalue weighted by Gasteiger charge is -2.07. The van der Waals surface area contributed by atoms with Gasteiger partial charge in [-0.15, -0.1) is 0 Å². The van der Waals surface area contributed by atoms with Gasteiger partial charge < -0.3 is 5.32 Å². The van der Waals surface area contributed by atoms with Crippen LogP contribution >= 0.6 is 0 Å². The molecule has 0 radical (unpaired) electrons. The molecule has 0 fully saturated rings. The molecule has 0 saturated carbocycles. The quantitative estimate of drug-likeness (QED) is 0.788. The summed E-state index contributed by atoms with van der Waals surface area (Å²) in [7, 11) is 0. The number of rotatable bonds is 4. The normalized spacial score (nSPS) is 11.8. The minimum absolute atomic E-state index is 0.0563. The number of aryl methyl sites for hydroxylation is 1. The Morgan fingerprint density at radius 3 is 2.50 bits per heavy atom. The summed E-state index contributed by atoms with van der Waals surface area (Å²) in [5.74, 6) is 0.0563. The van der Waals surface area contributed by atoms with E-state index in [0.29, 0.717) is 6.54 Å². The van der Waals surface area contributed by atoms with Crippen LogP contribution < -0.4 is 5.32 Å². The maximum absolute atomic E-state index is 8.60. The van der Waals surface area contributed by atoms with Gasteiger partial charge in [0.05, 0.1) is 12.0 Å². The highest BCUT2D eigenvalue weighted by atomic mass is 14.9. The number of nitrogens with zero attached hydrogens (tertiary/aromatic N) is 1. The molecule has 1 atom stereocenters. The first-order chi connectivity index (χ1) is 6.76. The van der Waals surface area contributed by atoms with E-state index in [2.05, 4.69) is 42.6 Å². The van der Waals surface area contributed by atoms with E-state index in [0.717, 1.165) is 12.1 Å². The largest absolute Gasteiger partial charge is 0.384 e. The minimum Gasteiger partial charge on any atom is -0.384 e. The number of hydrogen-bond donors (Lipinski definition) is 1. The molecule has 1 aromatic carbocycles. The zero-order valence-electron chi connectivity index (χ0n) is 8.75. The Hall–Kier alpha value is -1.49. The van der Waals surface area contributed by atoms with Gasteiger partial charge in [0, 0.05) is 12.2 Å². The summed E-state index contributed by atoms with van der Waals surface area (Å²) >= 11 is 0. The topological polar surface area (TPSA) is 35.8 Å². The molecule has 1 N–H and O–H groups in total. The van der Waals surface area contributed by atoms with E-state index < -0.39 is 0 Å². The first-order valence-electron chi connectivity index (χ1n) is 4.98. The first-order valence-corrected chi connectivity index (χ1v) is 4.98. The minimum atomic E-state index is 0.0563. The first kappa shape index (κ1) is 10.6. The van der Waals surface area contributed by atoms with Crippen LogP contribution in [0, 0.1) is 17.2 Å². The molecule has 0 amide bonds. The van der Waals surface area contributed by atoms with Gasteiger partial charge in [-0.1, -0.05) is 19.1 Å². The molecule has 0 spiro atoms. The summed E-state index contributed by atoms with van der Waals surface area (Å²) in [4.78, 5) is 0. The molecule has 0 bridgehead atoms. The van der Waals surface area contributed by atoms with Crippen molar-refractivity contribution in [1.82, 2.24) is 0 Å². The lowest BCUT2D eigenvalue weighted by Crippen LogP contribution is -2.09. The van der Waals surface area contributed by atoms with Gasteiger partial charge in [0.2, 0.25) is 0 Å². The van der Waals surface area contributed by atoms with Crippen molar-refractivity contribution in [2.75, 3.05) is 11.9 Å². The molecular formula is C12H16N2. The number of benzene rings is 1. The summed E-state index contributed by atoms with van der Waals surface area (Å²) in [6, 6.07) is 10.5. The number of hydrogen-bond acceptors (Lipinski definition) is 2. The molecule has 2 heteroatoms. The summed E-state index contributed by atoms with van der Waals surface area (Å²) in [5.41, 5.74) is 2.42. The van der Waals surface area contributed by atoms with E-state index in [1.165, 1.54) is 5.56 Å². The van der Waals surface area contributed by atoms with Crippen LogP contribution in [0.5, 0.6) is 0 Å². The Bertz CT molecular complexity index is 308. The van der Waals surface area contributed by atoms with Gasteiger partial charge in [0.15, 0.2) is 0 Å². The second-order valence-electron chi connectivity index (χ2n) is 3.46. The second kappa shape index (κ2) is 5.29. The van der Waals surface area contributed by atoms with E-state index in [-0.39, 0.29) is 5.92 Å². The Balaban J connectivity index is 2.48. The average molecular weight is 188 g/mol. The van der Waals surface area contributed by atoms with Crippen molar-refractivity contribution in [2.45, 2.75) is 20.3 Å². The van der Waals surface area contributed by atoms with E-state index in [9.17, 15) is 0 Å². The lowest BCUT2D eigenvalue weighted by molar-refractivity contribution is 0.786. The van der Waals surface area contributed by atoms with Crippen LogP contribution in [-0.2, 0) is 6.42 Å². The van der Waals surface area contributed by atoms with Crippen LogP contribution in [-0.4, -0.2) is 6.54 Å². The predicted octanol–water partition coefficient (Wildman–Crippen LogP) is 2.82. The summed E-state index contributed by atoms with van der Waals surface area (Å²) in [5, 5.41) is 11.8. The highest BCUT2D eigenvalue weighted by Crippen LogP contribution is 2.10. The smallest absolute Gasteiger partial charge is 0.0671 e. The molecule has 1 unspecified atom stereocenters. The van der Waals surface area contributed by atoms with Gasteiger partial charge in [-0.3, -0.25) is 0 Å². The van der Waals surface area contributed by atoms with Crippen LogP contribution in [0.25, 0.3) is 0 Å². The second-order valence-corrected chi connectivity index (χ2v) is 3.46. The van der Waals surface area contributed by atoms with Crippen LogP contribution in [0.15, 0.2) is 24.3 Å². The van der Waals surface area contributed by atoms with Crippen molar-refractivity contribution in [1.29, 1.82) is 5.26 Å². The molecule has 1 aromatic rings. The molecule has 74 valence electrons. The SMILES string of the molecule is CCc1ccc(NCC(C)C#N)cc1. The Morgan fingerprint density at radius 2 is 2.00 bits per heavy atom. The van der Waals surface area contributed by atoms with E-state index in [1.807, 2.05) is 6.92 Å². The van der Waals surface area contributed by atoms with Gasteiger partial charge in [-0.25, -0.2) is 0 Å². The average Bonchev–Trinajstić information content (AvgIpc) is 2.26. The van der Waals surface area contributed by atoms with Crippen molar-refractivity contribution in [2.24, 2.45) is 5.92 Å². The molecule has 14 heavy (non-hydrogen) atoms. The van der Waals surface area contributed by atoms with Gasteiger partial charge in [-0.2, -0.15) is 5.26 Å². The molecule has 0 heterocycles. The highest BCUT2D eigenvalue weighted by Gasteiger charge is 1.98. The standard InChI is InChI=1S/C12H16N2/c1-3-11-4-6-12(7-5-11)14-9-10(2)8-13/h4-7,10,14H,3,9H2,1-2H3. The van der Waals surface area contributed by atoms with E-state index in [4.69, 9.17) is 5.26 Å². The Morgan fingerprint density at radius 1 is 1.36 bits per heavy atom. The molecule has 0 aliphatic carbocycles. The maximum Gasteiger partial charge on any atom is 0.0671 e. The molecule has 0 aromatic heterocycles. The fraction of sp³-hybridized carbons (Fsp3) is 0.417. The number of nitrogens with one attached hydrogen (secondary N) is 1. The monoisotopic (exact) mass is 188 g/mol. The fourth-order valence-electron chi connectivity index (χ4n) is 1.17. The van der Waals surface area contributed by atoms with Crippen molar-refractivity contribution >= 4 is 5.69 Å². The van der Waals surface area contributed by atoms with Gasteiger partial charge in [0.25, 0.3) is 0 Å². The zero-order valence-corrected chi connectivity index (χ0v) is 8.75. The Kier molecular flexibility index (Phi) is 4.00. The number of anilines is 1. The van der Waals surface area contributed by atoms with E-state index >= 15 is 0 Å². The molecule has 2 nitrogen and oxygen atoms in total. The highest BCUT2D eigenvalue weighted by molar-refractivity contribution is 5.44. The Labute approximate surface area is 85.6 Å². The third-order valence-corrected chi connectivity index (χ3v) is 2.19. The van der Waals surface area contributed by atoms with Gasteiger partial charge in [0.1, 0.15) is 0 Å². The van der Waals surface area contributed by atoms with Crippen molar-refractivity contribution in [3.8, 4) is 6.07 Å². The molecule has 0 aliphatic rings. The molecule has 0 saturated heterocycles. The fourth-order valence-corrected chi connectivity index (χ4v) is 1.17. The van der Waals surface area contributed by atoms with Crippen LogP contribution in [0.4, 0.5) is 5.69 Å². The summed E-state index contributed by atoms with van der Waals surface area (Å²) < 4.78 is 0. The van der Waals surface area contributed by atoms with Gasteiger partial charge >= 0.3 is 0 Å². The lowest BCUT2D eigenvalue weighted by atomic mass is 10.1. The van der Waals surface area contributed by atoms with Crippen molar-refractivity contribution in [3.63, 3.8) is 0 Å². The van der Waals surface area contributed by atoms with Crippen LogP contribution in [0.2, 0.25) is 0 Å². The summed E-state index contributed by atoms with van der Waals surface area (Å²) in [6.45, 7) is 4.76. The van der Waals surface area contributed by atoms with Crippen LogP contribution in [0.1, 0.15) is 19.4 Å². The molecular weight excluding hydrogens is 172 g/mol. The van der Waals surface area contributed by atoms with Crippen molar-refractivity contribution < 1.29 is 0 Å².